The minimum Gasteiger partial charge on any atom is -0.484 e. The second-order valence-electron chi connectivity index (χ2n) is 7.31. The summed E-state index contributed by atoms with van der Waals surface area (Å²) in [6.45, 7) is 5.49. The molecule has 3 rings (SSSR count). The van der Waals surface area contributed by atoms with Gasteiger partial charge in [-0.25, -0.2) is 13.2 Å². The standard InChI is InChI=1S/C20H25NO6S/c1-4-14(3)21(15-7-8-28(24,25)12-15)19(22)11-26-16-5-6-17-13(2)9-20(23)27-18(17)10-16/h5-6,9-10,14-15H,4,7-8,11-12H2,1-3H3. The van der Waals surface area contributed by atoms with Crippen molar-refractivity contribution in [2.24, 2.45) is 0 Å². The summed E-state index contributed by atoms with van der Waals surface area (Å²) < 4.78 is 34.5. The summed E-state index contributed by atoms with van der Waals surface area (Å²) in [5.41, 5.74) is 0.762. The zero-order chi connectivity index (χ0) is 20.5. The number of hydrogen-bond acceptors (Lipinski definition) is 6. The molecule has 1 aromatic carbocycles. The van der Waals surface area contributed by atoms with Crippen LogP contribution in [-0.4, -0.2) is 49.4 Å². The van der Waals surface area contributed by atoms with Crippen LogP contribution in [0.25, 0.3) is 11.0 Å². The number of carbonyl (C=O) groups excluding carboxylic acids is 1. The van der Waals surface area contributed by atoms with E-state index >= 15 is 0 Å². The summed E-state index contributed by atoms with van der Waals surface area (Å²) in [5, 5.41) is 0.802. The van der Waals surface area contributed by atoms with Crippen molar-refractivity contribution in [3.8, 4) is 5.75 Å². The molecule has 0 spiro atoms. The predicted octanol–water partition coefficient (Wildman–Crippen LogP) is 2.29. The van der Waals surface area contributed by atoms with E-state index < -0.39 is 15.5 Å². The minimum atomic E-state index is -3.09. The molecule has 2 atom stereocenters. The van der Waals surface area contributed by atoms with Gasteiger partial charge < -0.3 is 14.1 Å². The number of fused-ring (bicyclic) bond motifs is 1. The normalized spacial score (nSPS) is 19.5. The molecular formula is C20H25NO6S. The molecule has 0 saturated carbocycles. The smallest absolute Gasteiger partial charge is 0.336 e. The number of rotatable bonds is 6. The lowest BCUT2D eigenvalue weighted by atomic mass is 10.1. The monoisotopic (exact) mass is 407 g/mol. The number of nitrogens with zero attached hydrogens (tertiary/aromatic N) is 1. The maximum atomic E-state index is 12.8. The van der Waals surface area contributed by atoms with Gasteiger partial charge in [0.25, 0.3) is 5.91 Å². The quantitative estimate of drug-likeness (QED) is 0.682. The average Bonchev–Trinajstić information content (AvgIpc) is 2.98. The van der Waals surface area contributed by atoms with Crippen LogP contribution < -0.4 is 10.4 Å². The molecule has 1 aliphatic heterocycles. The predicted molar refractivity (Wildman–Crippen MR) is 106 cm³/mol. The molecule has 1 aromatic heterocycles. The first-order valence-corrected chi connectivity index (χ1v) is 11.2. The fraction of sp³-hybridized carbons (Fsp3) is 0.500. The van der Waals surface area contributed by atoms with Gasteiger partial charge in [0, 0.05) is 29.6 Å². The van der Waals surface area contributed by atoms with E-state index in [9.17, 15) is 18.0 Å². The van der Waals surface area contributed by atoms with Crippen LogP contribution in [-0.2, 0) is 14.6 Å². The fourth-order valence-corrected chi connectivity index (χ4v) is 5.33. The zero-order valence-corrected chi connectivity index (χ0v) is 17.1. The van der Waals surface area contributed by atoms with Gasteiger partial charge >= 0.3 is 5.63 Å². The lowest BCUT2D eigenvalue weighted by molar-refractivity contribution is -0.137. The van der Waals surface area contributed by atoms with Crippen LogP contribution in [0.15, 0.2) is 33.5 Å². The van der Waals surface area contributed by atoms with Crippen LogP contribution in [0.2, 0.25) is 0 Å². The number of sulfone groups is 1. The van der Waals surface area contributed by atoms with Crippen molar-refractivity contribution in [2.45, 2.75) is 45.7 Å². The van der Waals surface area contributed by atoms with Crippen LogP contribution in [0, 0.1) is 6.92 Å². The summed E-state index contributed by atoms with van der Waals surface area (Å²) >= 11 is 0. The molecule has 28 heavy (non-hydrogen) atoms. The number of carbonyl (C=O) groups is 1. The first kappa shape index (κ1) is 20.4. The van der Waals surface area contributed by atoms with E-state index in [-0.39, 0.29) is 36.1 Å². The highest BCUT2D eigenvalue weighted by molar-refractivity contribution is 7.91. The van der Waals surface area contributed by atoms with Crippen molar-refractivity contribution in [1.82, 2.24) is 4.90 Å². The number of ether oxygens (including phenoxy) is 1. The van der Waals surface area contributed by atoms with Crippen molar-refractivity contribution in [3.05, 3.63) is 40.2 Å². The third kappa shape index (κ3) is 4.38. The second-order valence-corrected chi connectivity index (χ2v) is 9.54. The highest BCUT2D eigenvalue weighted by atomic mass is 32.2. The maximum Gasteiger partial charge on any atom is 0.336 e. The van der Waals surface area contributed by atoms with E-state index in [0.717, 1.165) is 17.4 Å². The first-order valence-electron chi connectivity index (χ1n) is 9.39. The largest absolute Gasteiger partial charge is 0.484 e. The zero-order valence-electron chi connectivity index (χ0n) is 16.3. The molecule has 152 valence electrons. The molecule has 0 aliphatic carbocycles. The Kier molecular flexibility index (Phi) is 5.79. The van der Waals surface area contributed by atoms with E-state index in [1.54, 1.807) is 23.1 Å². The topological polar surface area (TPSA) is 93.9 Å². The Morgan fingerprint density at radius 3 is 2.75 bits per heavy atom. The van der Waals surface area contributed by atoms with Gasteiger partial charge in [-0.05, 0) is 44.4 Å². The molecule has 2 aromatic rings. The molecule has 1 fully saturated rings. The number of benzene rings is 1. The van der Waals surface area contributed by atoms with Crippen molar-refractivity contribution in [1.29, 1.82) is 0 Å². The summed E-state index contributed by atoms with van der Waals surface area (Å²) in [7, 11) is -3.09. The number of aryl methyl sites for hydroxylation is 1. The molecule has 2 unspecified atom stereocenters. The molecule has 8 heteroatoms. The first-order chi connectivity index (χ1) is 13.2. The Balaban J connectivity index is 1.75. The van der Waals surface area contributed by atoms with Gasteiger partial charge in [-0.3, -0.25) is 4.79 Å². The average molecular weight is 407 g/mol. The van der Waals surface area contributed by atoms with Gasteiger partial charge in [0.15, 0.2) is 16.4 Å². The van der Waals surface area contributed by atoms with Crippen LogP contribution in [0.5, 0.6) is 5.75 Å². The van der Waals surface area contributed by atoms with E-state index in [1.165, 1.54) is 6.07 Å². The number of hydrogen-bond donors (Lipinski definition) is 0. The molecule has 1 aliphatic rings. The lowest BCUT2D eigenvalue weighted by Gasteiger charge is -2.33. The van der Waals surface area contributed by atoms with Crippen molar-refractivity contribution < 1.29 is 22.4 Å². The highest BCUT2D eigenvalue weighted by Gasteiger charge is 2.36. The van der Waals surface area contributed by atoms with Crippen LogP contribution >= 0.6 is 0 Å². The van der Waals surface area contributed by atoms with Crippen LogP contribution in [0.4, 0.5) is 0 Å². The SMILES string of the molecule is CCC(C)N(C(=O)COc1ccc2c(C)cc(=O)oc2c1)C1CCS(=O)(=O)C1. The van der Waals surface area contributed by atoms with Gasteiger partial charge in [-0.2, -0.15) is 0 Å². The minimum absolute atomic E-state index is 0.00346. The van der Waals surface area contributed by atoms with Crippen molar-refractivity contribution >= 4 is 26.7 Å². The Hall–Kier alpha value is -2.35. The second kappa shape index (κ2) is 7.95. The third-order valence-electron chi connectivity index (χ3n) is 5.24. The van der Waals surface area contributed by atoms with Crippen LogP contribution in [0.1, 0.15) is 32.3 Å². The Morgan fingerprint density at radius 2 is 2.11 bits per heavy atom. The Labute approximate surface area is 164 Å². The van der Waals surface area contributed by atoms with E-state index in [2.05, 4.69) is 0 Å². The fourth-order valence-electron chi connectivity index (χ4n) is 3.62. The molecular weight excluding hydrogens is 382 g/mol. The van der Waals surface area contributed by atoms with E-state index in [4.69, 9.17) is 9.15 Å². The molecule has 0 bridgehead atoms. The summed E-state index contributed by atoms with van der Waals surface area (Å²) in [4.78, 5) is 26.0. The van der Waals surface area contributed by atoms with Crippen LogP contribution in [0.3, 0.4) is 0 Å². The molecule has 1 saturated heterocycles. The van der Waals surface area contributed by atoms with E-state index in [1.807, 2.05) is 20.8 Å². The highest BCUT2D eigenvalue weighted by Crippen LogP contribution is 2.24. The molecule has 0 N–H and O–H groups in total. The molecule has 0 radical (unpaired) electrons. The maximum absolute atomic E-state index is 12.8. The van der Waals surface area contributed by atoms with Gasteiger partial charge in [-0.1, -0.05) is 6.92 Å². The summed E-state index contributed by atoms with van der Waals surface area (Å²) in [6.07, 6.45) is 1.18. The van der Waals surface area contributed by atoms with Gasteiger partial charge in [0.05, 0.1) is 11.5 Å². The summed E-state index contributed by atoms with van der Waals surface area (Å²) in [5.74, 6) is 0.283. The Bertz CT molecular complexity index is 1040. The van der Waals surface area contributed by atoms with Gasteiger partial charge in [-0.15, -0.1) is 0 Å². The van der Waals surface area contributed by atoms with Crippen molar-refractivity contribution in [2.75, 3.05) is 18.1 Å². The Morgan fingerprint density at radius 1 is 1.36 bits per heavy atom. The van der Waals surface area contributed by atoms with Crippen molar-refractivity contribution in [3.63, 3.8) is 0 Å². The lowest BCUT2D eigenvalue weighted by Crippen LogP contribution is -2.48. The number of amides is 1. The molecule has 7 nitrogen and oxygen atoms in total. The van der Waals surface area contributed by atoms with E-state index in [0.29, 0.717) is 17.8 Å². The van der Waals surface area contributed by atoms with Gasteiger partial charge in [0.1, 0.15) is 11.3 Å². The molecule has 2 heterocycles. The summed E-state index contributed by atoms with van der Waals surface area (Å²) in [6, 6.07) is 6.12. The van der Waals surface area contributed by atoms with Gasteiger partial charge in [0.2, 0.25) is 0 Å². The molecule has 1 amide bonds. The third-order valence-corrected chi connectivity index (χ3v) is 6.99.